The standard InChI is InChI=1S/C22H30O4/c1-15-3-11-19(12-4-15)25-21(23)17-7-9-18(10-8-17)22(24)26-20-13-5-16(2)6-14-20/h7-10,15-16,19-20H,3-6,11-14H2,1-2H3. The minimum Gasteiger partial charge on any atom is -0.459 e. The summed E-state index contributed by atoms with van der Waals surface area (Å²) in [6.07, 6.45) is 8.27. The van der Waals surface area contributed by atoms with Crippen LogP contribution in [0.25, 0.3) is 0 Å². The van der Waals surface area contributed by atoms with Crippen molar-refractivity contribution in [1.82, 2.24) is 0 Å². The molecule has 0 aromatic heterocycles. The van der Waals surface area contributed by atoms with Gasteiger partial charge in [-0.25, -0.2) is 9.59 Å². The first-order valence-electron chi connectivity index (χ1n) is 10.0. The number of hydrogen-bond donors (Lipinski definition) is 0. The summed E-state index contributed by atoms with van der Waals surface area (Å²) in [4.78, 5) is 24.6. The van der Waals surface area contributed by atoms with E-state index in [4.69, 9.17) is 9.47 Å². The van der Waals surface area contributed by atoms with Crippen molar-refractivity contribution in [3.8, 4) is 0 Å². The second-order valence-corrected chi connectivity index (χ2v) is 8.15. The number of esters is 2. The van der Waals surface area contributed by atoms with Gasteiger partial charge in [0.2, 0.25) is 0 Å². The third-order valence-corrected chi connectivity index (χ3v) is 5.83. The predicted octanol–water partition coefficient (Wildman–Crippen LogP) is 5.16. The quantitative estimate of drug-likeness (QED) is 0.698. The van der Waals surface area contributed by atoms with E-state index in [1.54, 1.807) is 24.3 Å². The van der Waals surface area contributed by atoms with E-state index in [2.05, 4.69) is 13.8 Å². The zero-order valence-corrected chi connectivity index (χ0v) is 15.9. The van der Waals surface area contributed by atoms with Crippen molar-refractivity contribution in [1.29, 1.82) is 0 Å². The Kier molecular flexibility index (Phi) is 6.33. The molecule has 0 unspecified atom stereocenters. The van der Waals surface area contributed by atoms with Crippen LogP contribution in [0.1, 0.15) is 85.9 Å². The molecule has 4 heteroatoms. The fraction of sp³-hybridized carbons (Fsp3) is 0.636. The summed E-state index contributed by atoms with van der Waals surface area (Å²) in [7, 11) is 0. The largest absolute Gasteiger partial charge is 0.459 e. The highest BCUT2D eigenvalue weighted by molar-refractivity contribution is 5.93. The van der Waals surface area contributed by atoms with Gasteiger partial charge in [0.05, 0.1) is 11.1 Å². The van der Waals surface area contributed by atoms with Crippen LogP contribution in [0, 0.1) is 11.8 Å². The fourth-order valence-electron chi connectivity index (χ4n) is 3.88. The molecule has 0 spiro atoms. The van der Waals surface area contributed by atoms with Crippen molar-refractivity contribution in [2.24, 2.45) is 11.8 Å². The van der Waals surface area contributed by atoms with Crippen LogP contribution in [0.4, 0.5) is 0 Å². The van der Waals surface area contributed by atoms with Crippen LogP contribution in [-0.4, -0.2) is 24.1 Å². The van der Waals surface area contributed by atoms with Gasteiger partial charge in [0.25, 0.3) is 0 Å². The maximum atomic E-state index is 12.3. The number of rotatable bonds is 4. The molecule has 0 amide bonds. The summed E-state index contributed by atoms with van der Waals surface area (Å²) in [6, 6.07) is 6.64. The minimum absolute atomic E-state index is 0.0250. The van der Waals surface area contributed by atoms with Crippen LogP contribution in [0.3, 0.4) is 0 Å². The maximum absolute atomic E-state index is 12.3. The monoisotopic (exact) mass is 358 g/mol. The molecule has 0 aliphatic heterocycles. The zero-order chi connectivity index (χ0) is 18.5. The highest BCUT2D eigenvalue weighted by Crippen LogP contribution is 2.27. The summed E-state index contributed by atoms with van der Waals surface area (Å²) in [5, 5.41) is 0. The third kappa shape index (κ3) is 5.09. The molecule has 0 heterocycles. The van der Waals surface area contributed by atoms with E-state index in [9.17, 15) is 9.59 Å². The SMILES string of the molecule is CC1CCC(OC(=O)c2ccc(C(=O)OC3CCC(C)CC3)cc2)CC1. The molecule has 4 nitrogen and oxygen atoms in total. The lowest BCUT2D eigenvalue weighted by molar-refractivity contribution is 0.0160. The van der Waals surface area contributed by atoms with Crippen molar-refractivity contribution in [3.63, 3.8) is 0 Å². The lowest BCUT2D eigenvalue weighted by atomic mass is 9.89. The van der Waals surface area contributed by atoms with Gasteiger partial charge in [0, 0.05) is 0 Å². The maximum Gasteiger partial charge on any atom is 0.338 e. The van der Waals surface area contributed by atoms with Gasteiger partial charge in [0.15, 0.2) is 0 Å². The van der Waals surface area contributed by atoms with Crippen LogP contribution in [0.5, 0.6) is 0 Å². The number of carbonyl (C=O) groups excluding carboxylic acids is 2. The van der Waals surface area contributed by atoms with Crippen molar-refractivity contribution in [3.05, 3.63) is 35.4 Å². The third-order valence-electron chi connectivity index (χ3n) is 5.83. The average molecular weight is 358 g/mol. The Bertz CT molecular complexity index is 551. The first-order chi connectivity index (χ1) is 12.5. The van der Waals surface area contributed by atoms with E-state index in [-0.39, 0.29) is 24.1 Å². The Balaban J connectivity index is 1.51. The molecule has 2 aliphatic rings. The molecular weight excluding hydrogens is 328 g/mol. The Hall–Kier alpha value is -1.84. The molecule has 0 saturated heterocycles. The minimum atomic E-state index is -0.300. The number of hydrogen-bond acceptors (Lipinski definition) is 4. The van der Waals surface area contributed by atoms with Gasteiger partial charge in [-0.2, -0.15) is 0 Å². The molecule has 0 bridgehead atoms. The van der Waals surface area contributed by atoms with Crippen LogP contribution < -0.4 is 0 Å². The Morgan fingerprint density at radius 2 is 0.962 bits per heavy atom. The molecule has 0 radical (unpaired) electrons. The van der Waals surface area contributed by atoms with E-state index in [1.165, 1.54) is 0 Å². The zero-order valence-electron chi connectivity index (χ0n) is 15.9. The number of carbonyl (C=O) groups is 2. The van der Waals surface area contributed by atoms with Crippen LogP contribution >= 0.6 is 0 Å². The summed E-state index contributed by atoms with van der Waals surface area (Å²) < 4.78 is 11.2. The normalized spacial score (nSPS) is 29.0. The van der Waals surface area contributed by atoms with Crippen LogP contribution in [0.2, 0.25) is 0 Å². The molecule has 0 atom stereocenters. The number of ether oxygens (including phenoxy) is 2. The fourth-order valence-corrected chi connectivity index (χ4v) is 3.88. The Labute approximate surface area is 156 Å². The van der Waals surface area contributed by atoms with Gasteiger partial charge in [-0.1, -0.05) is 13.8 Å². The van der Waals surface area contributed by atoms with E-state index in [0.29, 0.717) is 11.1 Å². The van der Waals surface area contributed by atoms with Crippen molar-refractivity contribution in [2.45, 2.75) is 77.4 Å². The molecule has 2 fully saturated rings. The summed E-state index contributed by atoms with van der Waals surface area (Å²) in [6.45, 7) is 4.48. The highest BCUT2D eigenvalue weighted by Gasteiger charge is 2.24. The Morgan fingerprint density at radius 3 is 1.27 bits per heavy atom. The Morgan fingerprint density at radius 1 is 0.654 bits per heavy atom. The molecule has 26 heavy (non-hydrogen) atoms. The molecule has 3 rings (SSSR count). The first kappa shape index (κ1) is 18.9. The van der Waals surface area contributed by atoms with Crippen LogP contribution in [-0.2, 0) is 9.47 Å². The van der Waals surface area contributed by atoms with Gasteiger partial charge in [-0.3, -0.25) is 0 Å². The van der Waals surface area contributed by atoms with Crippen molar-refractivity contribution >= 4 is 11.9 Å². The topological polar surface area (TPSA) is 52.6 Å². The van der Waals surface area contributed by atoms with Gasteiger partial charge in [-0.05, 0) is 87.5 Å². The lowest BCUT2D eigenvalue weighted by Gasteiger charge is -2.26. The predicted molar refractivity (Wildman–Crippen MR) is 100 cm³/mol. The first-order valence-corrected chi connectivity index (χ1v) is 10.0. The molecule has 1 aromatic rings. The van der Waals surface area contributed by atoms with E-state index in [0.717, 1.165) is 63.2 Å². The van der Waals surface area contributed by atoms with E-state index < -0.39 is 0 Å². The molecule has 2 saturated carbocycles. The molecule has 1 aromatic carbocycles. The molecule has 0 N–H and O–H groups in total. The van der Waals surface area contributed by atoms with Crippen molar-refractivity contribution < 1.29 is 19.1 Å². The van der Waals surface area contributed by atoms with Gasteiger partial charge in [-0.15, -0.1) is 0 Å². The van der Waals surface area contributed by atoms with E-state index >= 15 is 0 Å². The summed E-state index contributed by atoms with van der Waals surface area (Å²) in [5.74, 6) is 0.849. The van der Waals surface area contributed by atoms with Gasteiger partial charge >= 0.3 is 11.9 Å². The summed E-state index contributed by atoms with van der Waals surface area (Å²) >= 11 is 0. The lowest BCUT2D eigenvalue weighted by Crippen LogP contribution is -2.24. The molecular formula is C22H30O4. The highest BCUT2D eigenvalue weighted by atomic mass is 16.5. The van der Waals surface area contributed by atoms with Gasteiger partial charge in [0.1, 0.15) is 12.2 Å². The average Bonchev–Trinajstić information content (AvgIpc) is 2.65. The van der Waals surface area contributed by atoms with Crippen molar-refractivity contribution in [2.75, 3.05) is 0 Å². The summed E-state index contributed by atoms with van der Waals surface area (Å²) in [5.41, 5.74) is 0.985. The van der Waals surface area contributed by atoms with E-state index in [1.807, 2.05) is 0 Å². The molecule has 2 aliphatic carbocycles. The molecule has 142 valence electrons. The number of benzene rings is 1. The smallest absolute Gasteiger partial charge is 0.338 e. The van der Waals surface area contributed by atoms with Crippen LogP contribution in [0.15, 0.2) is 24.3 Å². The second-order valence-electron chi connectivity index (χ2n) is 8.15. The van der Waals surface area contributed by atoms with Gasteiger partial charge < -0.3 is 9.47 Å². The second kappa shape index (κ2) is 8.70.